The third-order valence-corrected chi connectivity index (χ3v) is 6.45. The van der Waals surface area contributed by atoms with E-state index in [4.69, 9.17) is 11.6 Å². The van der Waals surface area contributed by atoms with Gasteiger partial charge >= 0.3 is 0 Å². The van der Waals surface area contributed by atoms with Gasteiger partial charge in [-0.25, -0.2) is 13.4 Å². The third kappa shape index (κ3) is 3.40. The third-order valence-electron chi connectivity index (χ3n) is 3.59. The molecule has 9 heteroatoms. The molecule has 1 aromatic carbocycles. The number of amides is 1. The largest absolute Gasteiger partial charge is 0.301 e. The van der Waals surface area contributed by atoms with Crippen LogP contribution in [0.1, 0.15) is 12.8 Å². The summed E-state index contributed by atoms with van der Waals surface area (Å²) in [6.07, 6.45) is 2.71. The van der Waals surface area contributed by atoms with Crippen LogP contribution in [0.15, 0.2) is 40.7 Å². The number of anilines is 1. The quantitative estimate of drug-likeness (QED) is 0.895. The smallest absolute Gasteiger partial charge is 0.244 e. The Morgan fingerprint density at radius 2 is 2.09 bits per heavy atom. The van der Waals surface area contributed by atoms with Crippen LogP contribution in [-0.4, -0.2) is 36.2 Å². The molecule has 0 unspecified atom stereocenters. The highest BCUT2D eigenvalue weighted by molar-refractivity contribution is 7.89. The van der Waals surface area contributed by atoms with Crippen LogP contribution in [0, 0.1) is 0 Å². The van der Waals surface area contributed by atoms with E-state index in [1.807, 2.05) is 0 Å². The summed E-state index contributed by atoms with van der Waals surface area (Å²) in [5.74, 6) is -0.352. The predicted octanol–water partition coefficient (Wildman–Crippen LogP) is 2.59. The van der Waals surface area contributed by atoms with E-state index in [2.05, 4.69) is 10.3 Å². The summed E-state index contributed by atoms with van der Waals surface area (Å²) in [5.41, 5.74) is 0. The summed E-state index contributed by atoms with van der Waals surface area (Å²) < 4.78 is 26.8. The van der Waals surface area contributed by atoms with Crippen molar-refractivity contribution in [2.45, 2.75) is 23.8 Å². The van der Waals surface area contributed by atoms with E-state index in [1.165, 1.54) is 39.9 Å². The normalized spacial score (nSPS) is 18.9. The van der Waals surface area contributed by atoms with Crippen LogP contribution < -0.4 is 5.32 Å². The number of nitrogens with zero attached hydrogens (tertiary/aromatic N) is 2. The minimum atomic E-state index is -3.73. The lowest BCUT2D eigenvalue weighted by Crippen LogP contribution is -2.43. The number of rotatable bonds is 4. The molecule has 1 fully saturated rings. The second kappa shape index (κ2) is 6.56. The van der Waals surface area contributed by atoms with Gasteiger partial charge in [-0.2, -0.15) is 4.31 Å². The molecular formula is C14H14ClN3O3S2. The molecule has 0 bridgehead atoms. The lowest BCUT2D eigenvalue weighted by Gasteiger charge is -2.23. The van der Waals surface area contributed by atoms with E-state index < -0.39 is 16.1 Å². The summed E-state index contributed by atoms with van der Waals surface area (Å²) in [4.78, 5) is 16.5. The Labute approximate surface area is 143 Å². The molecule has 1 atom stereocenters. The van der Waals surface area contributed by atoms with Crippen molar-refractivity contribution >= 4 is 44.0 Å². The van der Waals surface area contributed by atoms with E-state index in [-0.39, 0.29) is 10.8 Å². The number of aromatic nitrogens is 1. The molecular weight excluding hydrogens is 358 g/mol. The van der Waals surface area contributed by atoms with Crippen LogP contribution in [0.4, 0.5) is 5.13 Å². The van der Waals surface area contributed by atoms with E-state index in [1.54, 1.807) is 11.6 Å². The van der Waals surface area contributed by atoms with Crippen LogP contribution in [0.5, 0.6) is 0 Å². The molecule has 0 radical (unpaired) electrons. The zero-order chi connectivity index (χ0) is 16.4. The van der Waals surface area contributed by atoms with Gasteiger partial charge in [0.15, 0.2) is 5.13 Å². The topological polar surface area (TPSA) is 79.4 Å². The summed E-state index contributed by atoms with van der Waals surface area (Å²) in [5, 5.41) is 5.34. The van der Waals surface area contributed by atoms with Crippen molar-refractivity contribution < 1.29 is 13.2 Å². The number of thiazole rings is 1. The standard InChI is InChI=1S/C14H14ClN3O3S2/c15-10-3-5-11(6-4-10)23(20,21)18-8-1-2-12(18)13(19)17-14-16-7-9-22-14/h3-7,9,12H,1-2,8H2,(H,16,17,19)/t12-/m0/s1. The Kier molecular flexibility index (Phi) is 4.67. The molecule has 2 heterocycles. The first kappa shape index (κ1) is 16.4. The van der Waals surface area contributed by atoms with Crippen molar-refractivity contribution in [3.05, 3.63) is 40.9 Å². The van der Waals surface area contributed by atoms with Gasteiger partial charge in [0.2, 0.25) is 15.9 Å². The molecule has 0 aliphatic carbocycles. The number of halogens is 1. The number of carbonyl (C=O) groups is 1. The Balaban J connectivity index is 1.83. The summed E-state index contributed by atoms with van der Waals surface area (Å²) in [7, 11) is -3.73. The van der Waals surface area contributed by atoms with Crippen molar-refractivity contribution in [3.8, 4) is 0 Å². The number of hydrogen-bond donors (Lipinski definition) is 1. The van der Waals surface area contributed by atoms with Crippen molar-refractivity contribution in [3.63, 3.8) is 0 Å². The van der Waals surface area contributed by atoms with E-state index in [0.29, 0.717) is 29.5 Å². The Morgan fingerprint density at radius 1 is 1.35 bits per heavy atom. The fourth-order valence-electron chi connectivity index (χ4n) is 2.51. The summed E-state index contributed by atoms with van der Waals surface area (Å²) >= 11 is 7.09. The highest BCUT2D eigenvalue weighted by atomic mass is 35.5. The molecule has 3 rings (SSSR count). The lowest BCUT2D eigenvalue weighted by atomic mass is 10.2. The fourth-order valence-corrected chi connectivity index (χ4v) is 4.82. The average Bonchev–Trinajstić information content (AvgIpc) is 3.19. The van der Waals surface area contributed by atoms with Gasteiger partial charge in [-0.1, -0.05) is 11.6 Å². The van der Waals surface area contributed by atoms with E-state index >= 15 is 0 Å². The maximum absolute atomic E-state index is 12.8. The monoisotopic (exact) mass is 371 g/mol. The predicted molar refractivity (Wildman–Crippen MR) is 89.1 cm³/mol. The minimum absolute atomic E-state index is 0.135. The number of nitrogens with one attached hydrogen (secondary N) is 1. The van der Waals surface area contributed by atoms with Gasteiger partial charge in [-0.3, -0.25) is 4.79 Å². The van der Waals surface area contributed by atoms with Gasteiger partial charge < -0.3 is 5.32 Å². The zero-order valence-electron chi connectivity index (χ0n) is 12.0. The summed E-state index contributed by atoms with van der Waals surface area (Å²) in [6.45, 7) is 0.320. The van der Waals surface area contributed by atoms with Crippen LogP contribution >= 0.6 is 22.9 Å². The molecule has 1 aliphatic rings. The van der Waals surface area contributed by atoms with Crippen LogP contribution in [0.25, 0.3) is 0 Å². The molecule has 1 N–H and O–H groups in total. The van der Waals surface area contributed by atoms with Crippen molar-refractivity contribution in [2.75, 3.05) is 11.9 Å². The second-order valence-corrected chi connectivity index (χ2v) is 8.28. The molecule has 0 spiro atoms. The van der Waals surface area contributed by atoms with Crippen LogP contribution in [-0.2, 0) is 14.8 Å². The first-order valence-electron chi connectivity index (χ1n) is 6.96. The first-order valence-corrected chi connectivity index (χ1v) is 9.66. The van der Waals surface area contributed by atoms with Gasteiger partial charge in [0.05, 0.1) is 4.90 Å². The van der Waals surface area contributed by atoms with E-state index in [0.717, 1.165) is 0 Å². The van der Waals surface area contributed by atoms with Crippen molar-refractivity contribution in [1.82, 2.24) is 9.29 Å². The molecule has 1 aliphatic heterocycles. The van der Waals surface area contributed by atoms with Crippen molar-refractivity contribution in [1.29, 1.82) is 0 Å². The van der Waals surface area contributed by atoms with Crippen molar-refractivity contribution in [2.24, 2.45) is 0 Å². The number of carbonyl (C=O) groups excluding carboxylic acids is 1. The molecule has 6 nitrogen and oxygen atoms in total. The second-order valence-electron chi connectivity index (χ2n) is 5.05. The molecule has 1 aromatic heterocycles. The molecule has 122 valence electrons. The van der Waals surface area contributed by atoms with Gasteiger partial charge in [-0.05, 0) is 37.1 Å². The van der Waals surface area contributed by atoms with E-state index in [9.17, 15) is 13.2 Å². The highest BCUT2D eigenvalue weighted by Gasteiger charge is 2.39. The van der Waals surface area contributed by atoms with Gasteiger partial charge in [0.25, 0.3) is 0 Å². The fraction of sp³-hybridized carbons (Fsp3) is 0.286. The molecule has 1 saturated heterocycles. The molecule has 2 aromatic rings. The maximum atomic E-state index is 12.8. The number of hydrogen-bond acceptors (Lipinski definition) is 5. The summed E-state index contributed by atoms with van der Waals surface area (Å²) in [6, 6.07) is 5.22. The number of sulfonamides is 1. The maximum Gasteiger partial charge on any atom is 0.244 e. The van der Waals surface area contributed by atoms with Gasteiger partial charge in [-0.15, -0.1) is 11.3 Å². The SMILES string of the molecule is O=C(Nc1nccs1)[C@@H]1CCCN1S(=O)(=O)c1ccc(Cl)cc1. The molecule has 23 heavy (non-hydrogen) atoms. The lowest BCUT2D eigenvalue weighted by molar-refractivity contribution is -0.119. The average molecular weight is 372 g/mol. The minimum Gasteiger partial charge on any atom is -0.301 e. The first-order chi connectivity index (χ1) is 11.0. The van der Waals surface area contributed by atoms with Gasteiger partial charge in [0, 0.05) is 23.1 Å². The zero-order valence-corrected chi connectivity index (χ0v) is 14.4. The van der Waals surface area contributed by atoms with Crippen LogP contribution in [0.3, 0.4) is 0 Å². The van der Waals surface area contributed by atoms with Crippen LogP contribution in [0.2, 0.25) is 5.02 Å². The Hall–Kier alpha value is -1.48. The number of benzene rings is 1. The van der Waals surface area contributed by atoms with Gasteiger partial charge in [0.1, 0.15) is 6.04 Å². The Morgan fingerprint density at radius 3 is 2.74 bits per heavy atom. The highest BCUT2D eigenvalue weighted by Crippen LogP contribution is 2.27. The Bertz CT molecular complexity index is 791. The molecule has 1 amide bonds. The molecule has 0 saturated carbocycles.